The van der Waals surface area contributed by atoms with E-state index < -0.39 is 0 Å². The van der Waals surface area contributed by atoms with Crippen LogP contribution in [0.4, 0.5) is 5.82 Å². The molecule has 3 rings (SSSR count). The van der Waals surface area contributed by atoms with Crippen molar-refractivity contribution in [2.75, 3.05) is 45.2 Å². The maximum atomic E-state index is 5.13. The largest absolute Gasteiger partial charge is 0.385 e. The van der Waals surface area contributed by atoms with Gasteiger partial charge >= 0.3 is 0 Å². The molecule has 22 heavy (non-hydrogen) atoms. The molecule has 0 radical (unpaired) electrons. The molecular weight excluding hydrogens is 296 g/mol. The fraction of sp³-hybridized carbons (Fsp3) is 0.625. The van der Waals surface area contributed by atoms with Crippen LogP contribution in [0, 0.1) is 12.8 Å². The van der Waals surface area contributed by atoms with Crippen LogP contribution in [0.5, 0.6) is 0 Å². The first kappa shape index (κ1) is 15.6. The first-order chi connectivity index (χ1) is 10.8. The van der Waals surface area contributed by atoms with Crippen LogP contribution >= 0.6 is 11.3 Å². The maximum absolute atomic E-state index is 5.13. The Balaban J connectivity index is 1.53. The molecule has 1 aliphatic heterocycles. The summed E-state index contributed by atoms with van der Waals surface area (Å²) >= 11 is 1.67. The number of fused-ring (bicyclic) bond motifs is 1. The Labute approximate surface area is 135 Å². The van der Waals surface area contributed by atoms with Crippen molar-refractivity contribution >= 4 is 27.4 Å². The summed E-state index contributed by atoms with van der Waals surface area (Å²) in [5.41, 5.74) is 0. The first-order valence-electron chi connectivity index (χ1n) is 7.93. The number of hydrogen-bond acceptors (Lipinski definition) is 6. The van der Waals surface area contributed by atoms with Crippen molar-refractivity contribution in [3.63, 3.8) is 0 Å². The third-order valence-electron chi connectivity index (χ3n) is 4.19. The number of ether oxygens (including phenoxy) is 1. The molecule has 1 aliphatic rings. The third-order valence-corrected chi connectivity index (χ3v) is 4.99. The molecule has 3 heterocycles. The van der Waals surface area contributed by atoms with E-state index in [0.717, 1.165) is 48.0 Å². The number of nitrogens with one attached hydrogen (secondary N) is 1. The zero-order chi connectivity index (χ0) is 15.4. The summed E-state index contributed by atoms with van der Waals surface area (Å²) in [5.74, 6) is 2.53. The Morgan fingerprint density at radius 2 is 2.36 bits per heavy atom. The predicted molar refractivity (Wildman–Crippen MR) is 91.7 cm³/mol. The van der Waals surface area contributed by atoms with E-state index >= 15 is 0 Å². The van der Waals surface area contributed by atoms with Gasteiger partial charge in [-0.1, -0.05) is 0 Å². The van der Waals surface area contributed by atoms with Gasteiger partial charge in [-0.2, -0.15) is 0 Å². The maximum Gasteiger partial charge on any atom is 0.138 e. The number of likely N-dealkylation sites (tertiary alicyclic amines) is 1. The molecule has 0 amide bonds. The van der Waals surface area contributed by atoms with Crippen LogP contribution in [0.3, 0.4) is 0 Å². The van der Waals surface area contributed by atoms with Gasteiger partial charge in [0.1, 0.15) is 16.5 Å². The fourth-order valence-corrected chi connectivity index (χ4v) is 3.86. The SMILES string of the molecule is COCCCN1CCC(CNc2nc(C)nc3sccc23)C1. The average molecular weight is 320 g/mol. The molecule has 1 unspecified atom stereocenters. The predicted octanol–water partition coefficient (Wildman–Crippen LogP) is 2.77. The molecule has 2 aromatic rings. The van der Waals surface area contributed by atoms with Crippen molar-refractivity contribution in [3.8, 4) is 0 Å². The molecule has 0 spiro atoms. The van der Waals surface area contributed by atoms with Gasteiger partial charge in [-0.15, -0.1) is 11.3 Å². The van der Waals surface area contributed by atoms with E-state index in [4.69, 9.17) is 4.74 Å². The number of aromatic nitrogens is 2. The van der Waals surface area contributed by atoms with Crippen molar-refractivity contribution in [3.05, 3.63) is 17.3 Å². The molecule has 1 saturated heterocycles. The minimum atomic E-state index is 0.700. The minimum absolute atomic E-state index is 0.700. The van der Waals surface area contributed by atoms with Gasteiger partial charge in [-0.3, -0.25) is 0 Å². The van der Waals surface area contributed by atoms with E-state index in [2.05, 4.69) is 31.6 Å². The number of rotatable bonds is 7. The lowest BCUT2D eigenvalue weighted by Gasteiger charge is -2.16. The van der Waals surface area contributed by atoms with Crippen molar-refractivity contribution in [1.82, 2.24) is 14.9 Å². The van der Waals surface area contributed by atoms with E-state index in [1.807, 2.05) is 6.92 Å². The van der Waals surface area contributed by atoms with E-state index in [1.54, 1.807) is 18.4 Å². The van der Waals surface area contributed by atoms with Crippen LogP contribution in [-0.2, 0) is 4.74 Å². The van der Waals surface area contributed by atoms with Gasteiger partial charge in [0.15, 0.2) is 0 Å². The summed E-state index contributed by atoms with van der Waals surface area (Å²) in [6.45, 7) is 7.32. The number of aryl methyl sites for hydroxylation is 1. The molecule has 5 nitrogen and oxygen atoms in total. The number of methoxy groups -OCH3 is 1. The van der Waals surface area contributed by atoms with Crippen molar-refractivity contribution < 1.29 is 4.74 Å². The lowest BCUT2D eigenvalue weighted by Crippen LogP contribution is -2.24. The highest BCUT2D eigenvalue weighted by Crippen LogP contribution is 2.25. The fourth-order valence-electron chi connectivity index (χ4n) is 3.05. The molecule has 0 aliphatic carbocycles. The molecule has 2 aromatic heterocycles. The van der Waals surface area contributed by atoms with Crippen LogP contribution in [0.15, 0.2) is 11.4 Å². The molecule has 1 N–H and O–H groups in total. The summed E-state index contributed by atoms with van der Waals surface area (Å²) in [6.07, 6.45) is 2.38. The molecule has 0 saturated carbocycles. The van der Waals surface area contributed by atoms with Gasteiger partial charge in [0, 0.05) is 33.4 Å². The average Bonchev–Trinajstić information content (AvgIpc) is 3.14. The Kier molecular flexibility index (Phi) is 5.23. The Bertz CT molecular complexity index is 615. The summed E-state index contributed by atoms with van der Waals surface area (Å²) in [4.78, 5) is 12.7. The van der Waals surface area contributed by atoms with Gasteiger partial charge in [0.25, 0.3) is 0 Å². The molecular formula is C16H24N4OS. The molecule has 0 aromatic carbocycles. The number of anilines is 1. The molecule has 6 heteroatoms. The van der Waals surface area contributed by atoms with Crippen molar-refractivity contribution in [2.24, 2.45) is 5.92 Å². The van der Waals surface area contributed by atoms with E-state index in [0.29, 0.717) is 5.92 Å². The van der Waals surface area contributed by atoms with Gasteiger partial charge in [0.2, 0.25) is 0 Å². The van der Waals surface area contributed by atoms with Gasteiger partial charge in [-0.05, 0) is 43.7 Å². The third kappa shape index (κ3) is 3.74. The van der Waals surface area contributed by atoms with Crippen LogP contribution in [0.1, 0.15) is 18.7 Å². The summed E-state index contributed by atoms with van der Waals surface area (Å²) < 4.78 is 5.13. The normalized spacial score (nSPS) is 19.1. The summed E-state index contributed by atoms with van der Waals surface area (Å²) in [6, 6.07) is 2.10. The standard InChI is InChI=1S/C16H24N4OS/c1-12-18-15(14-5-9-22-16(14)19-12)17-10-13-4-7-20(11-13)6-3-8-21-2/h5,9,13H,3-4,6-8,10-11H2,1-2H3,(H,17,18,19). The van der Waals surface area contributed by atoms with Crippen molar-refractivity contribution in [2.45, 2.75) is 19.8 Å². The van der Waals surface area contributed by atoms with Gasteiger partial charge in [-0.25, -0.2) is 9.97 Å². The Morgan fingerprint density at radius 1 is 1.45 bits per heavy atom. The van der Waals surface area contributed by atoms with E-state index in [-0.39, 0.29) is 0 Å². The Morgan fingerprint density at radius 3 is 3.23 bits per heavy atom. The second-order valence-electron chi connectivity index (χ2n) is 5.94. The van der Waals surface area contributed by atoms with Gasteiger partial charge < -0.3 is 15.0 Å². The molecule has 1 atom stereocenters. The van der Waals surface area contributed by atoms with Crippen LogP contribution in [0.25, 0.3) is 10.2 Å². The topological polar surface area (TPSA) is 50.3 Å². The monoisotopic (exact) mass is 320 g/mol. The van der Waals surface area contributed by atoms with Crippen LogP contribution in [0.2, 0.25) is 0 Å². The first-order valence-corrected chi connectivity index (χ1v) is 8.81. The number of hydrogen-bond donors (Lipinski definition) is 1. The number of nitrogens with zero attached hydrogens (tertiary/aromatic N) is 3. The van der Waals surface area contributed by atoms with E-state index in [1.165, 1.54) is 19.5 Å². The smallest absolute Gasteiger partial charge is 0.138 e. The summed E-state index contributed by atoms with van der Waals surface area (Å²) in [5, 5.41) is 6.77. The Hall–Kier alpha value is -1.24. The lowest BCUT2D eigenvalue weighted by molar-refractivity contribution is 0.178. The quantitative estimate of drug-likeness (QED) is 0.795. The highest BCUT2D eigenvalue weighted by molar-refractivity contribution is 7.16. The van der Waals surface area contributed by atoms with Crippen LogP contribution in [-0.4, -0.2) is 54.8 Å². The van der Waals surface area contributed by atoms with E-state index in [9.17, 15) is 0 Å². The minimum Gasteiger partial charge on any atom is -0.385 e. The van der Waals surface area contributed by atoms with Gasteiger partial charge in [0.05, 0.1) is 5.39 Å². The van der Waals surface area contributed by atoms with Crippen LogP contribution < -0.4 is 5.32 Å². The highest BCUT2D eigenvalue weighted by atomic mass is 32.1. The number of thiophene rings is 1. The molecule has 120 valence electrons. The zero-order valence-corrected chi connectivity index (χ0v) is 14.2. The zero-order valence-electron chi connectivity index (χ0n) is 13.3. The molecule has 1 fully saturated rings. The lowest BCUT2D eigenvalue weighted by atomic mass is 10.1. The molecule has 0 bridgehead atoms. The summed E-state index contributed by atoms with van der Waals surface area (Å²) in [7, 11) is 1.77. The van der Waals surface area contributed by atoms with Crippen molar-refractivity contribution in [1.29, 1.82) is 0 Å². The highest BCUT2D eigenvalue weighted by Gasteiger charge is 2.22. The second kappa shape index (κ2) is 7.35. The second-order valence-corrected chi connectivity index (χ2v) is 6.84.